The molecule has 0 aliphatic carbocycles. The Labute approximate surface area is 117 Å². The van der Waals surface area contributed by atoms with Crippen molar-refractivity contribution in [3.05, 3.63) is 54.3 Å². The van der Waals surface area contributed by atoms with Crippen LogP contribution in [-0.2, 0) is 4.57 Å². The first-order valence-corrected chi connectivity index (χ1v) is 8.01. The van der Waals surface area contributed by atoms with Crippen molar-refractivity contribution in [2.75, 3.05) is 18.9 Å². The van der Waals surface area contributed by atoms with E-state index in [1.54, 1.807) is 37.4 Å². The number of methoxy groups -OCH3 is 1. The molecule has 0 radical (unpaired) electrons. The molecule has 0 unspecified atom stereocenters. The fraction of sp³-hybridized carbons (Fsp3) is 0.143. The third-order valence-corrected chi connectivity index (χ3v) is 3.72. The summed E-state index contributed by atoms with van der Waals surface area (Å²) >= 11 is 0. The fourth-order valence-corrected chi connectivity index (χ4v) is 2.83. The lowest BCUT2D eigenvalue weighted by molar-refractivity contribution is 0.413. The number of nitrogens with one attached hydrogen (secondary N) is 1. The second kappa shape index (κ2) is 5.97. The van der Waals surface area contributed by atoms with Crippen LogP contribution in [0.5, 0.6) is 11.5 Å². The Balaban J connectivity index is 2.08. The van der Waals surface area contributed by atoms with Crippen LogP contribution in [0.4, 0.5) is 10.1 Å². The van der Waals surface area contributed by atoms with Crippen molar-refractivity contribution in [3.63, 3.8) is 0 Å². The summed E-state index contributed by atoms with van der Waals surface area (Å²) in [5.74, 6) is 0.723. The summed E-state index contributed by atoms with van der Waals surface area (Å²) in [6.45, 7) is 1.43. The van der Waals surface area contributed by atoms with Crippen molar-refractivity contribution in [2.24, 2.45) is 0 Å². The first-order chi connectivity index (χ1) is 9.48. The largest absolute Gasteiger partial charge is 0.497 e. The molecular formula is C14H15FNO3P. The molecule has 0 bridgehead atoms. The highest BCUT2D eigenvalue weighted by atomic mass is 31.2. The summed E-state index contributed by atoms with van der Waals surface area (Å²) in [5.41, 5.74) is 0.407. The van der Waals surface area contributed by atoms with E-state index in [1.165, 1.54) is 24.9 Å². The van der Waals surface area contributed by atoms with Crippen molar-refractivity contribution >= 4 is 13.2 Å². The van der Waals surface area contributed by atoms with Crippen LogP contribution in [0.15, 0.2) is 48.5 Å². The van der Waals surface area contributed by atoms with Gasteiger partial charge in [0.15, 0.2) is 0 Å². The maximum Gasteiger partial charge on any atom is 0.338 e. The van der Waals surface area contributed by atoms with Gasteiger partial charge in [0.25, 0.3) is 0 Å². The van der Waals surface area contributed by atoms with Gasteiger partial charge in [0.2, 0.25) is 0 Å². The number of hydrogen-bond acceptors (Lipinski definition) is 3. The van der Waals surface area contributed by atoms with Gasteiger partial charge in [-0.05, 0) is 42.5 Å². The third-order valence-electron chi connectivity index (χ3n) is 2.50. The molecule has 0 spiro atoms. The van der Waals surface area contributed by atoms with Gasteiger partial charge in [-0.25, -0.2) is 4.39 Å². The molecule has 1 atom stereocenters. The van der Waals surface area contributed by atoms with Crippen molar-refractivity contribution in [1.29, 1.82) is 0 Å². The zero-order chi connectivity index (χ0) is 14.6. The monoisotopic (exact) mass is 295 g/mol. The Kier molecular flexibility index (Phi) is 4.30. The van der Waals surface area contributed by atoms with Crippen LogP contribution in [0.2, 0.25) is 0 Å². The summed E-state index contributed by atoms with van der Waals surface area (Å²) in [4.78, 5) is 0. The smallest absolute Gasteiger partial charge is 0.338 e. The summed E-state index contributed by atoms with van der Waals surface area (Å²) in [6, 6.07) is 12.4. The molecule has 0 aliphatic rings. The molecule has 0 heterocycles. The minimum Gasteiger partial charge on any atom is -0.497 e. The SMILES string of the molecule is COc1ccc(O[P@@](C)(=O)Nc2cccc(F)c2)cc1. The molecule has 1 N–H and O–H groups in total. The van der Waals surface area contributed by atoms with Gasteiger partial charge in [-0.2, -0.15) is 0 Å². The number of rotatable bonds is 5. The van der Waals surface area contributed by atoms with E-state index in [0.717, 1.165) is 0 Å². The average Bonchev–Trinajstić information content (AvgIpc) is 2.38. The van der Waals surface area contributed by atoms with Crippen molar-refractivity contribution in [1.82, 2.24) is 0 Å². The van der Waals surface area contributed by atoms with Crippen LogP contribution in [0.3, 0.4) is 0 Å². The topological polar surface area (TPSA) is 47.6 Å². The zero-order valence-electron chi connectivity index (χ0n) is 11.2. The van der Waals surface area contributed by atoms with Crippen LogP contribution < -0.4 is 14.3 Å². The summed E-state index contributed by atoms with van der Waals surface area (Å²) in [5, 5.41) is 2.70. The van der Waals surface area contributed by atoms with Crippen LogP contribution in [0.25, 0.3) is 0 Å². The Morgan fingerprint density at radius 3 is 2.35 bits per heavy atom. The molecule has 106 valence electrons. The first kappa shape index (κ1) is 14.4. The van der Waals surface area contributed by atoms with Crippen LogP contribution in [0.1, 0.15) is 0 Å². The minimum absolute atomic E-state index is 0.403. The van der Waals surface area contributed by atoms with Gasteiger partial charge in [0.1, 0.15) is 17.3 Å². The molecule has 2 aromatic rings. The highest BCUT2D eigenvalue weighted by Gasteiger charge is 2.17. The first-order valence-electron chi connectivity index (χ1n) is 5.93. The van der Waals surface area contributed by atoms with Gasteiger partial charge in [-0.3, -0.25) is 4.57 Å². The fourth-order valence-electron chi connectivity index (χ4n) is 1.65. The van der Waals surface area contributed by atoms with E-state index >= 15 is 0 Å². The molecule has 0 aromatic heterocycles. The van der Waals surface area contributed by atoms with E-state index in [4.69, 9.17) is 9.26 Å². The molecule has 2 aromatic carbocycles. The molecule has 0 saturated carbocycles. The second-order valence-corrected chi connectivity index (χ2v) is 6.33. The normalized spacial score (nSPS) is 13.3. The molecule has 4 nitrogen and oxygen atoms in total. The second-order valence-electron chi connectivity index (χ2n) is 4.23. The number of anilines is 1. The molecule has 2 rings (SSSR count). The molecule has 0 amide bonds. The molecule has 20 heavy (non-hydrogen) atoms. The lowest BCUT2D eigenvalue weighted by Crippen LogP contribution is -2.02. The van der Waals surface area contributed by atoms with Crippen LogP contribution in [-0.4, -0.2) is 13.8 Å². The van der Waals surface area contributed by atoms with Gasteiger partial charge in [-0.1, -0.05) is 6.07 Å². The van der Waals surface area contributed by atoms with Crippen molar-refractivity contribution < 1.29 is 18.2 Å². The number of benzene rings is 2. The minimum atomic E-state index is -3.14. The van der Waals surface area contributed by atoms with Crippen LogP contribution >= 0.6 is 7.52 Å². The lowest BCUT2D eigenvalue weighted by atomic mass is 10.3. The van der Waals surface area contributed by atoms with Gasteiger partial charge < -0.3 is 14.3 Å². The Morgan fingerprint density at radius 2 is 1.75 bits per heavy atom. The van der Waals surface area contributed by atoms with E-state index in [2.05, 4.69) is 5.09 Å². The Hall–Kier alpha value is -2.00. The molecule has 0 fully saturated rings. The Morgan fingerprint density at radius 1 is 1.10 bits per heavy atom. The van der Waals surface area contributed by atoms with Gasteiger partial charge in [0.05, 0.1) is 7.11 Å². The highest BCUT2D eigenvalue weighted by molar-refractivity contribution is 7.60. The van der Waals surface area contributed by atoms with Crippen molar-refractivity contribution in [3.8, 4) is 11.5 Å². The lowest BCUT2D eigenvalue weighted by Gasteiger charge is -2.17. The van der Waals surface area contributed by atoms with E-state index < -0.39 is 13.3 Å². The molecule has 0 aliphatic heterocycles. The van der Waals surface area contributed by atoms with Crippen LogP contribution in [0, 0.1) is 5.82 Å². The Bertz CT molecular complexity index is 631. The summed E-state index contributed by atoms with van der Waals surface area (Å²) < 4.78 is 35.8. The predicted molar refractivity (Wildman–Crippen MR) is 77.2 cm³/mol. The molecule has 6 heteroatoms. The van der Waals surface area contributed by atoms with E-state index in [-0.39, 0.29) is 0 Å². The quantitative estimate of drug-likeness (QED) is 0.842. The average molecular weight is 295 g/mol. The third kappa shape index (κ3) is 4.00. The van der Waals surface area contributed by atoms with E-state index in [0.29, 0.717) is 17.2 Å². The standard InChI is InChI=1S/C14H15FNO3P/c1-18-13-6-8-14(9-7-13)19-20(2,17)16-12-5-3-4-11(15)10-12/h3-10H,1-2H3,(H,16,17)/t20-/m1/s1. The molecule has 0 saturated heterocycles. The van der Waals surface area contributed by atoms with Gasteiger partial charge >= 0.3 is 7.52 Å². The van der Waals surface area contributed by atoms with E-state index in [9.17, 15) is 8.96 Å². The number of hydrogen-bond donors (Lipinski definition) is 1. The highest BCUT2D eigenvalue weighted by Crippen LogP contribution is 2.43. The van der Waals surface area contributed by atoms with Gasteiger partial charge in [-0.15, -0.1) is 0 Å². The van der Waals surface area contributed by atoms with E-state index in [1.807, 2.05) is 0 Å². The van der Waals surface area contributed by atoms with Crippen molar-refractivity contribution in [2.45, 2.75) is 0 Å². The van der Waals surface area contributed by atoms with Gasteiger partial charge in [0, 0.05) is 12.4 Å². The number of halogens is 1. The maximum atomic E-state index is 13.1. The summed E-state index contributed by atoms with van der Waals surface area (Å²) in [6.07, 6.45) is 0. The number of ether oxygens (including phenoxy) is 1. The predicted octanol–water partition coefficient (Wildman–Crippen LogP) is 4.15. The zero-order valence-corrected chi connectivity index (χ0v) is 12.1. The maximum absolute atomic E-state index is 13.1. The summed E-state index contributed by atoms with van der Waals surface area (Å²) in [7, 11) is -1.58. The molecular weight excluding hydrogens is 280 g/mol.